The van der Waals surface area contributed by atoms with Crippen LogP contribution in [0.2, 0.25) is 0 Å². The van der Waals surface area contributed by atoms with Crippen molar-refractivity contribution in [1.29, 1.82) is 0 Å². The van der Waals surface area contributed by atoms with E-state index in [9.17, 15) is 9.59 Å². The molecule has 0 atom stereocenters. The van der Waals surface area contributed by atoms with Crippen LogP contribution >= 0.6 is 0 Å². The maximum atomic E-state index is 11.1. The fraction of sp³-hybridized carbons (Fsp3) is 0.444. The summed E-state index contributed by atoms with van der Waals surface area (Å²) in [5, 5.41) is 4.07. The van der Waals surface area contributed by atoms with Crippen molar-refractivity contribution >= 4 is 12.2 Å². The number of rotatable bonds is 1. The molecule has 5 heteroatoms. The van der Waals surface area contributed by atoms with Crippen molar-refractivity contribution < 1.29 is 9.59 Å². The highest BCUT2D eigenvalue weighted by Crippen LogP contribution is 2.12. The second-order valence-corrected chi connectivity index (χ2v) is 3.34. The largest absolute Gasteiger partial charge is 0.335 e. The lowest BCUT2D eigenvalue weighted by Crippen LogP contribution is -2.36. The van der Waals surface area contributed by atoms with Gasteiger partial charge in [0.1, 0.15) is 5.69 Å². The van der Waals surface area contributed by atoms with Crippen LogP contribution in [0.1, 0.15) is 23.1 Å². The zero-order valence-electron chi connectivity index (χ0n) is 7.93. The molecular weight excluding hydrogens is 182 g/mol. The van der Waals surface area contributed by atoms with Crippen molar-refractivity contribution in [2.24, 2.45) is 0 Å². The molecule has 1 aromatic heterocycles. The van der Waals surface area contributed by atoms with E-state index in [2.05, 4.69) is 5.10 Å². The summed E-state index contributed by atoms with van der Waals surface area (Å²) >= 11 is 0. The molecule has 14 heavy (non-hydrogen) atoms. The zero-order chi connectivity index (χ0) is 10.1. The molecule has 0 saturated carbocycles. The first-order chi connectivity index (χ1) is 6.70. The first kappa shape index (κ1) is 8.93. The van der Waals surface area contributed by atoms with Gasteiger partial charge in [0.25, 0.3) is 0 Å². The fourth-order valence-electron chi connectivity index (χ4n) is 1.61. The summed E-state index contributed by atoms with van der Waals surface area (Å²) in [5.41, 5.74) is 1.36. The minimum absolute atomic E-state index is 0.0603. The molecule has 1 amide bonds. The first-order valence-corrected chi connectivity index (χ1v) is 4.48. The second kappa shape index (κ2) is 3.25. The molecule has 2 heterocycles. The number of aldehydes is 1. The lowest BCUT2D eigenvalue weighted by Gasteiger charge is -2.26. The van der Waals surface area contributed by atoms with E-state index in [-0.39, 0.29) is 5.91 Å². The van der Waals surface area contributed by atoms with Gasteiger partial charge >= 0.3 is 0 Å². The average Bonchev–Trinajstić information content (AvgIpc) is 2.58. The molecule has 0 N–H and O–H groups in total. The Hall–Kier alpha value is -1.65. The molecule has 0 unspecified atom stereocenters. The Bertz CT molecular complexity index is 383. The fourth-order valence-corrected chi connectivity index (χ4v) is 1.61. The molecule has 1 aliphatic rings. The van der Waals surface area contributed by atoms with Crippen LogP contribution in [0.25, 0.3) is 0 Å². The van der Waals surface area contributed by atoms with E-state index in [0.29, 0.717) is 25.3 Å². The molecule has 2 rings (SSSR count). The van der Waals surface area contributed by atoms with Gasteiger partial charge in [0, 0.05) is 13.5 Å². The van der Waals surface area contributed by atoms with E-state index < -0.39 is 0 Å². The van der Waals surface area contributed by atoms with Crippen molar-refractivity contribution in [3.63, 3.8) is 0 Å². The third-order valence-corrected chi connectivity index (χ3v) is 2.38. The summed E-state index contributed by atoms with van der Waals surface area (Å²) in [4.78, 5) is 23.3. The number of fused-ring (bicyclic) bond motifs is 1. The Morgan fingerprint density at radius 1 is 1.57 bits per heavy atom. The van der Waals surface area contributed by atoms with Crippen LogP contribution in [0.5, 0.6) is 0 Å². The molecule has 0 aromatic carbocycles. The van der Waals surface area contributed by atoms with Gasteiger partial charge in [-0.2, -0.15) is 5.10 Å². The average molecular weight is 193 g/mol. The van der Waals surface area contributed by atoms with Crippen molar-refractivity contribution in [3.05, 3.63) is 17.5 Å². The number of hydrogen-bond donors (Lipinski definition) is 0. The first-order valence-electron chi connectivity index (χ1n) is 4.48. The smallest absolute Gasteiger partial charge is 0.219 e. The van der Waals surface area contributed by atoms with Crippen LogP contribution in [-0.2, 0) is 17.9 Å². The molecule has 0 fully saturated rings. The van der Waals surface area contributed by atoms with Gasteiger partial charge in [-0.15, -0.1) is 0 Å². The molecule has 74 valence electrons. The molecule has 5 nitrogen and oxygen atoms in total. The molecule has 0 bridgehead atoms. The van der Waals surface area contributed by atoms with E-state index in [1.165, 1.54) is 0 Å². The molecule has 0 saturated heterocycles. The predicted molar refractivity (Wildman–Crippen MR) is 48.7 cm³/mol. The van der Waals surface area contributed by atoms with E-state index in [0.717, 1.165) is 12.0 Å². The van der Waals surface area contributed by atoms with E-state index in [1.54, 1.807) is 22.6 Å². The molecule has 0 spiro atoms. The molecule has 0 radical (unpaired) electrons. The van der Waals surface area contributed by atoms with E-state index in [1.807, 2.05) is 0 Å². The number of carbonyl (C=O) groups is 2. The second-order valence-electron chi connectivity index (χ2n) is 3.34. The summed E-state index contributed by atoms with van der Waals surface area (Å²) in [6.07, 6.45) is 0.726. The minimum atomic E-state index is 0.0603. The maximum absolute atomic E-state index is 11.1. The Kier molecular flexibility index (Phi) is 2.07. The highest BCUT2D eigenvalue weighted by atomic mass is 16.2. The van der Waals surface area contributed by atoms with Gasteiger partial charge in [-0.3, -0.25) is 14.3 Å². The third-order valence-electron chi connectivity index (χ3n) is 2.38. The molecular formula is C9H11N3O2. The van der Waals surface area contributed by atoms with Crippen molar-refractivity contribution in [3.8, 4) is 0 Å². The Morgan fingerprint density at radius 2 is 2.36 bits per heavy atom. The highest BCUT2D eigenvalue weighted by Gasteiger charge is 2.19. The van der Waals surface area contributed by atoms with Crippen molar-refractivity contribution in [1.82, 2.24) is 14.7 Å². The van der Waals surface area contributed by atoms with Gasteiger partial charge in [0.05, 0.1) is 18.8 Å². The summed E-state index contributed by atoms with van der Waals surface area (Å²) in [5.74, 6) is 0.0603. The SMILES string of the molecule is CC(=O)N1CCn2nc(C=O)cc2C1. The van der Waals surface area contributed by atoms with Gasteiger partial charge < -0.3 is 4.90 Å². The van der Waals surface area contributed by atoms with Crippen molar-refractivity contribution in [2.45, 2.75) is 20.0 Å². The highest BCUT2D eigenvalue weighted by molar-refractivity contribution is 5.74. The molecule has 1 aromatic rings. The maximum Gasteiger partial charge on any atom is 0.219 e. The number of aromatic nitrogens is 2. The standard InChI is InChI=1S/C9H11N3O2/c1-7(14)11-2-3-12-9(5-11)4-8(6-13)10-12/h4,6H,2-3,5H2,1H3. The summed E-state index contributed by atoms with van der Waals surface area (Å²) < 4.78 is 1.78. The van der Waals surface area contributed by atoms with Gasteiger partial charge in [-0.25, -0.2) is 0 Å². The number of hydrogen-bond acceptors (Lipinski definition) is 3. The van der Waals surface area contributed by atoms with Gasteiger partial charge in [-0.05, 0) is 6.07 Å². The van der Waals surface area contributed by atoms with Crippen LogP contribution in [0.4, 0.5) is 0 Å². The zero-order valence-corrected chi connectivity index (χ0v) is 7.93. The van der Waals surface area contributed by atoms with Crippen molar-refractivity contribution in [2.75, 3.05) is 6.54 Å². The van der Waals surface area contributed by atoms with E-state index in [4.69, 9.17) is 0 Å². The Labute approximate surface area is 81.3 Å². The predicted octanol–water partition coefficient (Wildman–Crippen LogP) is 0.0577. The lowest BCUT2D eigenvalue weighted by atomic mass is 10.3. The normalized spacial score (nSPS) is 15.1. The number of carbonyl (C=O) groups excluding carboxylic acids is 2. The van der Waals surface area contributed by atoms with Crippen LogP contribution in [-0.4, -0.2) is 33.4 Å². The van der Waals surface area contributed by atoms with Gasteiger partial charge in [-0.1, -0.05) is 0 Å². The number of amides is 1. The minimum Gasteiger partial charge on any atom is -0.335 e. The Balaban J connectivity index is 2.25. The van der Waals surface area contributed by atoms with Crippen LogP contribution < -0.4 is 0 Å². The summed E-state index contributed by atoms with van der Waals surface area (Å²) in [7, 11) is 0. The number of nitrogens with zero attached hydrogens (tertiary/aromatic N) is 3. The van der Waals surface area contributed by atoms with Gasteiger partial charge in [0.2, 0.25) is 5.91 Å². The monoisotopic (exact) mass is 193 g/mol. The molecule has 1 aliphatic heterocycles. The van der Waals surface area contributed by atoms with Crippen LogP contribution in [0.15, 0.2) is 6.07 Å². The summed E-state index contributed by atoms with van der Waals surface area (Å²) in [6.45, 7) is 3.44. The Morgan fingerprint density at radius 3 is 3.00 bits per heavy atom. The summed E-state index contributed by atoms with van der Waals surface area (Å²) in [6, 6.07) is 1.72. The van der Waals surface area contributed by atoms with Gasteiger partial charge in [0.15, 0.2) is 6.29 Å². The van der Waals surface area contributed by atoms with Crippen LogP contribution in [0.3, 0.4) is 0 Å². The lowest BCUT2D eigenvalue weighted by molar-refractivity contribution is -0.130. The van der Waals surface area contributed by atoms with E-state index >= 15 is 0 Å². The third kappa shape index (κ3) is 1.41. The molecule has 0 aliphatic carbocycles. The topological polar surface area (TPSA) is 55.2 Å². The van der Waals surface area contributed by atoms with Crippen LogP contribution in [0, 0.1) is 0 Å². The quantitative estimate of drug-likeness (QED) is 0.592.